The third-order valence-electron chi connectivity index (χ3n) is 0. The molecule has 0 amide bonds. The molecule has 0 aromatic carbocycles. The van der Waals surface area contributed by atoms with Gasteiger partial charge in [0.25, 0.3) is 0 Å². The minimum Gasteiger partial charge on any atom is -0.554 e. The zero-order valence-corrected chi connectivity index (χ0v) is 7.08. The fraction of sp³-hybridized carbons (Fsp3) is 0. The Bertz CT molecular complexity index is 70.1. The quantitative estimate of drug-likeness (QED) is 0.280. The van der Waals surface area contributed by atoms with Crippen molar-refractivity contribution in [1.82, 2.24) is 0 Å². The summed E-state index contributed by atoms with van der Waals surface area (Å²) in [4.78, 5) is 33.0. The summed E-state index contributed by atoms with van der Waals surface area (Å²) in [7, 11) is 0. The molecule has 0 N–H and O–H groups in total. The predicted octanol–water partition coefficient (Wildman–Crippen LogP) is -6.92. The maximum Gasteiger partial charge on any atom is 4.00 e. The number of hydrogen-bond donors (Lipinski definition) is 0. The van der Waals surface area contributed by atoms with E-state index in [9.17, 15) is 0 Å². The third-order valence-corrected chi connectivity index (χ3v) is 0. The van der Waals surface area contributed by atoms with Gasteiger partial charge < -0.3 is 39.6 Å². The summed E-state index contributed by atoms with van der Waals surface area (Å²) >= 11 is 0. The monoisotopic (exact) mass is 208 g/mol. The van der Waals surface area contributed by atoms with Crippen LogP contribution in [0.2, 0.25) is 0 Å². The van der Waals surface area contributed by atoms with Gasteiger partial charge >= 0.3 is 11.0 Å². The molecule has 0 aliphatic rings. The van der Waals surface area contributed by atoms with E-state index in [4.69, 9.17) is 39.6 Å². The smallest absolute Gasteiger partial charge is 0.554 e. The van der Waals surface area contributed by atoms with Crippen molar-refractivity contribution in [2.45, 2.75) is 0 Å². The molecule has 72 valence electrons. The van der Waals surface area contributed by atoms with Crippen molar-refractivity contribution >= 4 is 36.9 Å². The summed E-state index contributed by atoms with van der Waals surface area (Å²) in [5, 5.41) is 33.0. The standard InChI is InChI=1S/4CH2O2.Si/c4*2-1-3;/h4*1H,(H,2,3);/q;;;;+4/p-4. The number of carboxylic acid groups (broad SMARTS) is 4. The number of carbonyl (C=O) groups is 4. The number of hydrogen-bond acceptors (Lipinski definition) is 8. The summed E-state index contributed by atoms with van der Waals surface area (Å²) in [6.45, 7) is -2.00. The van der Waals surface area contributed by atoms with Crippen LogP contribution < -0.4 is 20.4 Å². The van der Waals surface area contributed by atoms with Crippen LogP contribution in [0.1, 0.15) is 0 Å². The van der Waals surface area contributed by atoms with Gasteiger partial charge in [0.15, 0.2) is 0 Å². The Kier molecular flexibility index (Phi) is 445. The Morgan fingerprint density at radius 3 is 0.538 bits per heavy atom. The molecule has 8 nitrogen and oxygen atoms in total. The third kappa shape index (κ3) is 183. The van der Waals surface area contributed by atoms with Gasteiger partial charge in [0.2, 0.25) is 0 Å². The molecular weight excluding hydrogens is 204 g/mol. The Balaban J connectivity index is -0.0000000213. The van der Waals surface area contributed by atoms with Crippen LogP contribution in [0, 0.1) is 0 Å². The second kappa shape index (κ2) is 190. The zero-order valence-electron chi connectivity index (χ0n) is 6.08. The maximum atomic E-state index is 8.25. The Morgan fingerprint density at radius 2 is 0.538 bits per heavy atom. The summed E-state index contributed by atoms with van der Waals surface area (Å²) in [6.07, 6.45) is 0. The van der Waals surface area contributed by atoms with E-state index in [-0.39, 0.29) is 11.0 Å². The topological polar surface area (TPSA) is 161 Å². The first-order valence-corrected chi connectivity index (χ1v) is 1.89. The average molecular weight is 208 g/mol. The van der Waals surface area contributed by atoms with E-state index in [1.165, 1.54) is 0 Å². The predicted molar refractivity (Wildman–Crippen MR) is 30.0 cm³/mol. The molecule has 0 fully saturated rings. The molecule has 0 aromatic rings. The molecule has 0 unspecified atom stereocenters. The van der Waals surface area contributed by atoms with Gasteiger partial charge in [0.1, 0.15) is 0 Å². The van der Waals surface area contributed by atoms with Crippen molar-refractivity contribution in [3.05, 3.63) is 0 Å². The van der Waals surface area contributed by atoms with E-state index in [1.54, 1.807) is 0 Å². The Labute approximate surface area is 77.4 Å². The maximum absolute atomic E-state index is 8.25. The summed E-state index contributed by atoms with van der Waals surface area (Å²) in [5.41, 5.74) is 0. The Morgan fingerprint density at radius 1 is 0.538 bits per heavy atom. The van der Waals surface area contributed by atoms with E-state index in [1.807, 2.05) is 0 Å². The van der Waals surface area contributed by atoms with Crippen molar-refractivity contribution in [2.24, 2.45) is 0 Å². The van der Waals surface area contributed by atoms with Crippen molar-refractivity contribution in [3.63, 3.8) is 0 Å². The van der Waals surface area contributed by atoms with Gasteiger partial charge in [-0.05, 0) is 0 Å². The van der Waals surface area contributed by atoms with Crippen LogP contribution in [0.4, 0.5) is 0 Å². The largest absolute Gasteiger partial charge is 4.00 e. The molecule has 0 rings (SSSR count). The molecule has 0 heterocycles. The van der Waals surface area contributed by atoms with E-state index < -0.39 is 25.9 Å². The molecule has 0 spiro atoms. The zero-order chi connectivity index (χ0) is 10.8. The first-order valence-electron chi connectivity index (χ1n) is 1.89. The van der Waals surface area contributed by atoms with Crippen molar-refractivity contribution in [3.8, 4) is 0 Å². The van der Waals surface area contributed by atoms with E-state index >= 15 is 0 Å². The van der Waals surface area contributed by atoms with Crippen LogP contribution in [0.5, 0.6) is 0 Å². The SMILES string of the molecule is O=C[O-].O=C[O-].O=C[O-].O=C[O-].[Si+4]. The van der Waals surface area contributed by atoms with Crippen LogP contribution in [0.3, 0.4) is 0 Å². The molecule has 0 saturated carbocycles. The van der Waals surface area contributed by atoms with E-state index in [2.05, 4.69) is 0 Å². The molecule has 13 heavy (non-hydrogen) atoms. The molecule has 0 aromatic heterocycles. The number of rotatable bonds is 0. The molecule has 0 aliphatic carbocycles. The van der Waals surface area contributed by atoms with Crippen molar-refractivity contribution in [2.75, 3.05) is 0 Å². The van der Waals surface area contributed by atoms with E-state index in [0.717, 1.165) is 0 Å². The van der Waals surface area contributed by atoms with Gasteiger partial charge in [-0.25, -0.2) is 0 Å². The molecule has 0 atom stereocenters. The molecule has 0 aliphatic heterocycles. The van der Waals surface area contributed by atoms with Crippen LogP contribution in [0.15, 0.2) is 0 Å². The fourth-order valence-electron chi connectivity index (χ4n) is 0. The van der Waals surface area contributed by atoms with Crippen LogP contribution in [-0.4, -0.2) is 36.9 Å². The second-order valence-electron chi connectivity index (χ2n) is 0.385. The van der Waals surface area contributed by atoms with Gasteiger partial charge in [-0.2, -0.15) is 0 Å². The van der Waals surface area contributed by atoms with Crippen LogP contribution in [0.25, 0.3) is 0 Å². The summed E-state index contributed by atoms with van der Waals surface area (Å²) < 4.78 is 0. The second-order valence-corrected chi connectivity index (χ2v) is 0.385. The Hall–Kier alpha value is -1.90. The first kappa shape index (κ1) is 30.4. The van der Waals surface area contributed by atoms with Gasteiger partial charge in [-0.1, -0.05) is 0 Å². The van der Waals surface area contributed by atoms with Crippen molar-refractivity contribution in [1.29, 1.82) is 0 Å². The van der Waals surface area contributed by atoms with Gasteiger partial charge in [0.05, 0.1) is 0 Å². The van der Waals surface area contributed by atoms with Gasteiger partial charge in [-0.15, -0.1) is 0 Å². The molecule has 0 saturated heterocycles. The molecule has 0 bridgehead atoms. The minimum absolute atomic E-state index is 0. The first-order chi connectivity index (χ1) is 5.66. The van der Waals surface area contributed by atoms with Gasteiger partial charge in [0, 0.05) is 25.9 Å². The van der Waals surface area contributed by atoms with Crippen molar-refractivity contribution < 1.29 is 39.6 Å². The number of carbonyl (C=O) groups excluding carboxylic acids is 4. The molecule has 0 radical (unpaired) electrons. The van der Waals surface area contributed by atoms with Crippen LogP contribution in [-0.2, 0) is 19.2 Å². The fourth-order valence-corrected chi connectivity index (χ4v) is 0. The summed E-state index contributed by atoms with van der Waals surface area (Å²) in [6, 6.07) is 0. The minimum atomic E-state index is -0.500. The summed E-state index contributed by atoms with van der Waals surface area (Å²) in [5.74, 6) is 0. The normalized spacial score (nSPS) is 3.69. The average Bonchev–Trinajstić information content (AvgIpc) is 1.92. The molecule has 9 heteroatoms. The molecular formula is C4H4O8Si. The van der Waals surface area contributed by atoms with Gasteiger partial charge in [-0.3, -0.25) is 0 Å². The van der Waals surface area contributed by atoms with E-state index in [0.29, 0.717) is 0 Å². The van der Waals surface area contributed by atoms with Crippen LogP contribution >= 0.6 is 0 Å².